The molecule has 2 aromatic carbocycles. The van der Waals surface area contributed by atoms with E-state index < -0.39 is 0 Å². The maximum Gasteiger partial charge on any atom is 0.123 e. The van der Waals surface area contributed by atoms with Crippen molar-refractivity contribution >= 4 is 10.9 Å². The van der Waals surface area contributed by atoms with E-state index in [2.05, 4.69) is 57.1 Å². The quantitative estimate of drug-likeness (QED) is 0.647. The Morgan fingerprint density at radius 3 is 2.89 bits per heavy atom. The number of H-pyrrole nitrogens is 1. The first-order chi connectivity index (χ1) is 13.8. The number of piperidine rings is 1. The summed E-state index contributed by atoms with van der Waals surface area (Å²) in [4.78, 5) is 6.11. The Balaban J connectivity index is 1.29. The molecule has 0 amide bonds. The molecule has 5 heteroatoms. The summed E-state index contributed by atoms with van der Waals surface area (Å²) < 4.78 is 13.7. The van der Waals surface area contributed by atoms with Crippen molar-refractivity contribution in [3.63, 3.8) is 0 Å². The molecule has 2 saturated heterocycles. The monoisotopic (exact) mass is 378 g/mol. The zero-order valence-electron chi connectivity index (χ0n) is 16.0. The van der Waals surface area contributed by atoms with E-state index in [1.807, 2.05) is 6.07 Å². The topological polar surface area (TPSA) is 43.1 Å². The van der Waals surface area contributed by atoms with E-state index in [1.54, 1.807) is 6.07 Å². The number of fused-ring (bicyclic) bond motifs is 1. The van der Waals surface area contributed by atoms with Gasteiger partial charge in [0.05, 0.1) is 0 Å². The third kappa shape index (κ3) is 3.58. The molecule has 28 heavy (non-hydrogen) atoms. The minimum Gasteiger partial charge on any atom is -0.357 e. The zero-order chi connectivity index (χ0) is 18.9. The highest BCUT2D eigenvalue weighted by molar-refractivity contribution is 5.80. The second-order valence-corrected chi connectivity index (χ2v) is 8.23. The van der Waals surface area contributed by atoms with Crippen LogP contribution in [0.1, 0.15) is 30.0 Å². The molecule has 3 aromatic rings. The van der Waals surface area contributed by atoms with Crippen LogP contribution in [0.3, 0.4) is 0 Å². The van der Waals surface area contributed by atoms with Gasteiger partial charge in [-0.3, -0.25) is 15.8 Å². The van der Waals surface area contributed by atoms with E-state index in [-0.39, 0.29) is 5.82 Å². The summed E-state index contributed by atoms with van der Waals surface area (Å²) in [5.41, 5.74) is 10.4. The van der Waals surface area contributed by atoms with Crippen molar-refractivity contribution in [2.75, 3.05) is 19.6 Å². The van der Waals surface area contributed by atoms with Crippen molar-refractivity contribution in [3.05, 3.63) is 71.7 Å². The molecule has 0 spiro atoms. The lowest BCUT2D eigenvalue weighted by molar-refractivity contribution is 0.138. The number of aromatic amines is 1. The lowest BCUT2D eigenvalue weighted by Gasteiger charge is -2.37. The summed E-state index contributed by atoms with van der Waals surface area (Å²) in [5, 5.41) is 1.28. The number of aromatic nitrogens is 1. The number of rotatable bonds is 4. The van der Waals surface area contributed by atoms with Crippen molar-refractivity contribution in [2.24, 2.45) is 5.92 Å². The van der Waals surface area contributed by atoms with Crippen LogP contribution in [0.5, 0.6) is 0 Å². The second-order valence-electron chi connectivity index (χ2n) is 8.23. The molecule has 1 aromatic heterocycles. The molecule has 2 fully saturated rings. The maximum absolute atomic E-state index is 13.7. The molecule has 4 nitrogen and oxygen atoms in total. The normalized spacial score (nSPS) is 26.1. The molecule has 3 heterocycles. The average Bonchev–Trinajstić information content (AvgIpc) is 3.35. The van der Waals surface area contributed by atoms with Crippen LogP contribution < -0.4 is 10.9 Å². The van der Waals surface area contributed by atoms with Crippen LogP contribution in [0.2, 0.25) is 0 Å². The Hall–Kier alpha value is -2.21. The first-order valence-electron chi connectivity index (χ1n) is 10.3. The molecule has 3 unspecified atom stereocenters. The molecular weight excluding hydrogens is 351 g/mol. The van der Waals surface area contributed by atoms with E-state index in [9.17, 15) is 4.39 Å². The summed E-state index contributed by atoms with van der Waals surface area (Å²) in [7, 11) is 0. The Labute approximate surface area is 165 Å². The van der Waals surface area contributed by atoms with E-state index in [0.29, 0.717) is 17.9 Å². The van der Waals surface area contributed by atoms with E-state index in [1.165, 1.54) is 35.5 Å². The van der Waals surface area contributed by atoms with Gasteiger partial charge in [-0.25, -0.2) is 4.39 Å². The van der Waals surface area contributed by atoms with Crippen LogP contribution in [-0.4, -0.2) is 35.6 Å². The number of hydrogen-bond acceptors (Lipinski definition) is 3. The van der Waals surface area contributed by atoms with Crippen LogP contribution >= 0.6 is 0 Å². The van der Waals surface area contributed by atoms with Crippen molar-refractivity contribution in [2.45, 2.75) is 31.3 Å². The smallest absolute Gasteiger partial charge is 0.123 e. The Morgan fingerprint density at radius 2 is 2.00 bits per heavy atom. The highest BCUT2D eigenvalue weighted by Crippen LogP contribution is 2.32. The van der Waals surface area contributed by atoms with Crippen molar-refractivity contribution in [1.29, 1.82) is 0 Å². The summed E-state index contributed by atoms with van der Waals surface area (Å²) in [6.07, 6.45) is 2.42. The zero-order valence-corrected chi connectivity index (χ0v) is 16.0. The minimum absolute atomic E-state index is 0.146. The molecule has 0 saturated carbocycles. The number of benzene rings is 2. The molecule has 3 N–H and O–H groups in total. The predicted octanol–water partition coefficient (Wildman–Crippen LogP) is 3.78. The molecule has 0 radical (unpaired) electrons. The molecule has 5 rings (SSSR count). The van der Waals surface area contributed by atoms with Gasteiger partial charge in [0, 0.05) is 42.8 Å². The largest absolute Gasteiger partial charge is 0.357 e. The van der Waals surface area contributed by atoms with E-state index in [4.69, 9.17) is 0 Å². The van der Waals surface area contributed by atoms with Crippen LogP contribution in [0.4, 0.5) is 4.39 Å². The van der Waals surface area contributed by atoms with Gasteiger partial charge in [0.2, 0.25) is 0 Å². The summed E-state index contributed by atoms with van der Waals surface area (Å²) in [6.45, 7) is 4.01. The highest BCUT2D eigenvalue weighted by Gasteiger charge is 2.36. The highest BCUT2D eigenvalue weighted by atomic mass is 19.1. The van der Waals surface area contributed by atoms with Crippen LogP contribution in [-0.2, 0) is 6.54 Å². The lowest BCUT2D eigenvalue weighted by Crippen LogP contribution is -2.46. The SMILES string of the molecule is Fc1cccc(C2CNNC2C2CCCN(Cc3cc4ccccc4[nH]3)C2)c1. The maximum atomic E-state index is 13.7. The first kappa shape index (κ1) is 17.9. The molecule has 2 aliphatic rings. The molecule has 0 bridgehead atoms. The number of hydrogen-bond donors (Lipinski definition) is 3. The average molecular weight is 378 g/mol. The van der Waals surface area contributed by atoms with Gasteiger partial charge in [0.15, 0.2) is 0 Å². The fourth-order valence-corrected chi connectivity index (χ4v) is 5.01. The molecular formula is C23H27FN4. The van der Waals surface area contributed by atoms with Gasteiger partial charge < -0.3 is 4.98 Å². The predicted molar refractivity (Wildman–Crippen MR) is 110 cm³/mol. The molecule has 3 atom stereocenters. The van der Waals surface area contributed by atoms with Crippen molar-refractivity contribution in [1.82, 2.24) is 20.7 Å². The Morgan fingerprint density at radius 1 is 1.07 bits per heavy atom. The molecule has 0 aliphatic carbocycles. The number of nitrogens with one attached hydrogen (secondary N) is 3. The van der Waals surface area contributed by atoms with Crippen LogP contribution in [0, 0.1) is 11.7 Å². The van der Waals surface area contributed by atoms with Gasteiger partial charge in [-0.15, -0.1) is 0 Å². The van der Waals surface area contributed by atoms with Gasteiger partial charge in [0.25, 0.3) is 0 Å². The van der Waals surface area contributed by atoms with Gasteiger partial charge in [-0.2, -0.15) is 0 Å². The minimum atomic E-state index is -0.146. The Bertz CT molecular complexity index is 919. The first-order valence-corrected chi connectivity index (χ1v) is 10.3. The van der Waals surface area contributed by atoms with Gasteiger partial charge >= 0.3 is 0 Å². The third-order valence-electron chi connectivity index (χ3n) is 6.33. The summed E-state index contributed by atoms with van der Waals surface area (Å²) in [5.74, 6) is 0.724. The number of para-hydroxylation sites is 1. The summed E-state index contributed by atoms with van der Waals surface area (Å²) in [6, 6.07) is 18.2. The van der Waals surface area contributed by atoms with Gasteiger partial charge in [0.1, 0.15) is 5.82 Å². The van der Waals surface area contributed by atoms with Crippen molar-refractivity contribution < 1.29 is 4.39 Å². The standard InChI is InChI=1S/C23H27FN4/c24-19-8-3-6-16(11-19)21-13-25-27-23(21)18-7-4-10-28(14-18)15-20-12-17-5-1-2-9-22(17)26-20/h1-3,5-6,8-9,11-12,18,21,23,25-27H,4,7,10,13-15H2. The molecule has 2 aliphatic heterocycles. The third-order valence-corrected chi connectivity index (χ3v) is 6.33. The fraction of sp³-hybridized carbons (Fsp3) is 0.391. The number of hydrazine groups is 1. The van der Waals surface area contributed by atoms with Crippen molar-refractivity contribution in [3.8, 4) is 0 Å². The van der Waals surface area contributed by atoms with Crippen LogP contribution in [0.25, 0.3) is 10.9 Å². The van der Waals surface area contributed by atoms with E-state index >= 15 is 0 Å². The van der Waals surface area contributed by atoms with Gasteiger partial charge in [-0.05, 0) is 60.5 Å². The molecule has 146 valence electrons. The number of likely N-dealkylation sites (tertiary alicyclic amines) is 1. The number of halogens is 1. The van der Waals surface area contributed by atoms with Gasteiger partial charge in [-0.1, -0.05) is 30.3 Å². The van der Waals surface area contributed by atoms with E-state index in [0.717, 1.165) is 31.7 Å². The summed E-state index contributed by atoms with van der Waals surface area (Å²) >= 11 is 0. The van der Waals surface area contributed by atoms with Crippen LogP contribution in [0.15, 0.2) is 54.6 Å². The Kier molecular flexibility index (Phi) is 4.89. The second kappa shape index (κ2) is 7.66. The fourth-order valence-electron chi connectivity index (χ4n) is 5.01. The lowest BCUT2D eigenvalue weighted by atomic mass is 9.81. The number of nitrogens with zero attached hydrogens (tertiary/aromatic N) is 1.